The molecule has 1 amide bonds. The van der Waals surface area contributed by atoms with Crippen LogP contribution in [0, 0.1) is 5.82 Å². The molecule has 0 radical (unpaired) electrons. The molecule has 0 aliphatic carbocycles. The molecule has 30 heavy (non-hydrogen) atoms. The number of nitrogens with one attached hydrogen (secondary N) is 1. The van der Waals surface area contributed by atoms with E-state index >= 15 is 0 Å². The van der Waals surface area contributed by atoms with Crippen molar-refractivity contribution in [3.63, 3.8) is 0 Å². The first-order valence-electron chi connectivity index (χ1n) is 9.37. The second-order valence-corrected chi connectivity index (χ2v) is 6.99. The topological polar surface area (TPSA) is 98.5 Å². The second kappa shape index (κ2) is 7.71. The van der Waals surface area contributed by atoms with E-state index in [1.54, 1.807) is 12.1 Å². The number of nitrogens with zero attached hydrogens (tertiary/aromatic N) is 4. The van der Waals surface area contributed by atoms with E-state index in [4.69, 9.17) is 4.74 Å². The zero-order chi connectivity index (χ0) is 21.4. The summed E-state index contributed by atoms with van der Waals surface area (Å²) in [5, 5.41) is 2.82. The first kappa shape index (κ1) is 19.8. The summed E-state index contributed by atoms with van der Waals surface area (Å²) in [5.74, 6) is -1.03. The lowest BCUT2D eigenvalue weighted by Crippen LogP contribution is -2.37. The minimum Gasteiger partial charge on any atom is -0.378 e. The molecular weight excluding hydrogens is 393 g/mol. The van der Waals surface area contributed by atoms with Crippen LogP contribution < -0.4 is 21.5 Å². The largest absolute Gasteiger partial charge is 0.378 e. The van der Waals surface area contributed by atoms with Gasteiger partial charge in [0.25, 0.3) is 11.5 Å². The number of hydrogen-bond donors (Lipinski definition) is 1. The normalized spacial score (nSPS) is 14.2. The monoisotopic (exact) mass is 413 g/mol. The van der Waals surface area contributed by atoms with Crippen molar-refractivity contribution in [2.75, 3.05) is 36.5 Å². The molecule has 1 fully saturated rings. The Hall–Kier alpha value is -3.53. The SMILES string of the molecule is Cn1c(=O)c2ccc(C(=O)Nc3ccc(N4CCOCC4)c(F)c3)nc2n(C)c1=O. The molecule has 1 aromatic carbocycles. The third-order valence-electron chi connectivity index (χ3n) is 5.09. The van der Waals surface area contributed by atoms with Crippen LogP contribution in [0.3, 0.4) is 0 Å². The quantitative estimate of drug-likeness (QED) is 0.684. The van der Waals surface area contributed by atoms with E-state index in [1.807, 2.05) is 4.90 Å². The molecule has 9 nitrogen and oxygen atoms in total. The van der Waals surface area contributed by atoms with E-state index in [0.717, 1.165) is 4.57 Å². The average molecular weight is 413 g/mol. The number of fused-ring (bicyclic) bond motifs is 1. The summed E-state index contributed by atoms with van der Waals surface area (Å²) in [6, 6.07) is 7.30. The molecule has 2 aromatic heterocycles. The van der Waals surface area contributed by atoms with Gasteiger partial charge in [-0.15, -0.1) is 0 Å². The highest BCUT2D eigenvalue weighted by molar-refractivity contribution is 6.03. The van der Waals surface area contributed by atoms with Gasteiger partial charge in [0.05, 0.1) is 24.3 Å². The standard InChI is InChI=1S/C20H20FN5O4/c1-24-17-13(19(28)25(2)20(24)29)4-5-15(23-17)18(27)22-12-3-6-16(14(21)11-12)26-7-9-30-10-8-26/h3-6,11H,7-10H2,1-2H3,(H,22,27). The fraction of sp³-hybridized carbons (Fsp3) is 0.300. The van der Waals surface area contributed by atoms with E-state index in [2.05, 4.69) is 10.3 Å². The fourth-order valence-corrected chi connectivity index (χ4v) is 3.42. The number of pyridine rings is 1. The molecule has 3 aromatic rings. The Labute approximate surface area is 170 Å². The summed E-state index contributed by atoms with van der Waals surface area (Å²) in [4.78, 5) is 43.0. The Kier molecular flexibility index (Phi) is 5.08. The number of aromatic nitrogens is 3. The molecule has 1 saturated heterocycles. The van der Waals surface area contributed by atoms with Gasteiger partial charge in [-0.2, -0.15) is 0 Å². The highest BCUT2D eigenvalue weighted by atomic mass is 19.1. The molecule has 3 heterocycles. The first-order valence-corrected chi connectivity index (χ1v) is 9.37. The summed E-state index contributed by atoms with van der Waals surface area (Å²) < 4.78 is 22.0. The van der Waals surface area contributed by atoms with Crippen LogP contribution >= 0.6 is 0 Å². The van der Waals surface area contributed by atoms with Gasteiger partial charge in [-0.1, -0.05) is 0 Å². The molecular formula is C20H20FN5O4. The van der Waals surface area contributed by atoms with E-state index < -0.39 is 23.0 Å². The van der Waals surface area contributed by atoms with E-state index in [1.165, 1.54) is 36.9 Å². The number of aryl methyl sites for hydroxylation is 1. The predicted molar refractivity (Wildman–Crippen MR) is 110 cm³/mol. The molecule has 1 aliphatic heterocycles. The van der Waals surface area contributed by atoms with Crippen molar-refractivity contribution in [1.82, 2.24) is 14.1 Å². The lowest BCUT2D eigenvalue weighted by Gasteiger charge is -2.29. The van der Waals surface area contributed by atoms with Crippen LogP contribution in [0.2, 0.25) is 0 Å². The minimum atomic E-state index is -0.580. The second-order valence-electron chi connectivity index (χ2n) is 6.99. The predicted octanol–water partition coefficient (Wildman–Crippen LogP) is 0.860. The van der Waals surface area contributed by atoms with Gasteiger partial charge in [0.15, 0.2) is 0 Å². The third kappa shape index (κ3) is 3.45. The maximum Gasteiger partial charge on any atom is 0.332 e. The van der Waals surface area contributed by atoms with Crippen LogP contribution in [-0.2, 0) is 18.8 Å². The molecule has 0 saturated carbocycles. The summed E-state index contributed by atoms with van der Waals surface area (Å²) in [5.41, 5.74) is -0.208. The molecule has 4 rings (SSSR count). The van der Waals surface area contributed by atoms with Gasteiger partial charge in [0.2, 0.25) is 0 Å². The molecule has 1 N–H and O–H groups in total. The maximum atomic E-state index is 14.6. The number of rotatable bonds is 3. The lowest BCUT2D eigenvalue weighted by atomic mass is 10.2. The van der Waals surface area contributed by atoms with Crippen LogP contribution in [0.25, 0.3) is 11.0 Å². The minimum absolute atomic E-state index is 0.00316. The number of hydrogen-bond acceptors (Lipinski definition) is 6. The Balaban J connectivity index is 1.61. The Morgan fingerprint density at radius 3 is 2.53 bits per heavy atom. The molecule has 0 unspecified atom stereocenters. The van der Waals surface area contributed by atoms with Crippen molar-refractivity contribution in [2.24, 2.45) is 14.1 Å². The highest BCUT2D eigenvalue weighted by Crippen LogP contribution is 2.24. The van der Waals surface area contributed by atoms with Gasteiger partial charge in [-0.3, -0.25) is 18.7 Å². The van der Waals surface area contributed by atoms with Crippen LogP contribution in [0.4, 0.5) is 15.8 Å². The van der Waals surface area contributed by atoms with Crippen molar-refractivity contribution in [3.05, 3.63) is 62.7 Å². The van der Waals surface area contributed by atoms with Gasteiger partial charge in [0, 0.05) is 32.9 Å². The average Bonchev–Trinajstić information content (AvgIpc) is 2.76. The fourth-order valence-electron chi connectivity index (χ4n) is 3.42. The zero-order valence-corrected chi connectivity index (χ0v) is 16.5. The van der Waals surface area contributed by atoms with Crippen LogP contribution in [0.15, 0.2) is 39.9 Å². The van der Waals surface area contributed by atoms with Crippen molar-refractivity contribution >= 4 is 28.3 Å². The summed E-state index contributed by atoms with van der Waals surface area (Å²) in [6.07, 6.45) is 0. The van der Waals surface area contributed by atoms with E-state index in [9.17, 15) is 18.8 Å². The Morgan fingerprint density at radius 2 is 1.83 bits per heavy atom. The van der Waals surface area contributed by atoms with Gasteiger partial charge >= 0.3 is 5.69 Å². The molecule has 0 spiro atoms. The van der Waals surface area contributed by atoms with Gasteiger partial charge in [-0.05, 0) is 30.3 Å². The molecule has 156 valence electrons. The highest BCUT2D eigenvalue weighted by Gasteiger charge is 2.17. The Morgan fingerprint density at radius 1 is 1.10 bits per heavy atom. The van der Waals surface area contributed by atoms with E-state index in [0.29, 0.717) is 32.0 Å². The summed E-state index contributed by atoms with van der Waals surface area (Å²) >= 11 is 0. The number of ether oxygens (including phenoxy) is 1. The number of halogens is 1. The van der Waals surface area contributed by atoms with Gasteiger partial charge < -0.3 is 15.0 Å². The van der Waals surface area contributed by atoms with Crippen molar-refractivity contribution in [2.45, 2.75) is 0 Å². The van der Waals surface area contributed by atoms with Crippen molar-refractivity contribution in [3.8, 4) is 0 Å². The zero-order valence-electron chi connectivity index (χ0n) is 16.5. The smallest absolute Gasteiger partial charge is 0.332 e. The number of amides is 1. The molecule has 1 aliphatic rings. The molecule has 10 heteroatoms. The lowest BCUT2D eigenvalue weighted by molar-refractivity contribution is 0.102. The maximum absolute atomic E-state index is 14.6. The summed E-state index contributed by atoms with van der Waals surface area (Å²) in [7, 11) is 2.85. The number of benzene rings is 1. The van der Waals surface area contributed by atoms with Crippen molar-refractivity contribution < 1.29 is 13.9 Å². The number of anilines is 2. The molecule has 0 bridgehead atoms. The van der Waals surface area contributed by atoms with Gasteiger partial charge in [0.1, 0.15) is 17.2 Å². The van der Waals surface area contributed by atoms with Crippen LogP contribution in [-0.4, -0.2) is 46.3 Å². The van der Waals surface area contributed by atoms with Crippen molar-refractivity contribution in [1.29, 1.82) is 0 Å². The van der Waals surface area contributed by atoms with E-state index in [-0.39, 0.29) is 22.4 Å². The summed E-state index contributed by atoms with van der Waals surface area (Å²) in [6.45, 7) is 2.28. The van der Waals surface area contributed by atoms with Gasteiger partial charge in [-0.25, -0.2) is 14.2 Å². The number of carbonyl (C=O) groups excluding carboxylic acids is 1. The Bertz CT molecular complexity index is 1260. The van der Waals surface area contributed by atoms with Crippen LogP contribution in [0.5, 0.6) is 0 Å². The number of morpholine rings is 1. The number of carbonyl (C=O) groups is 1. The van der Waals surface area contributed by atoms with Crippen LogP contribution in [0.1, 0.15) is 10.5 Å². The molecule has 0 atom stereocenters. The first-order chi connectivity index (χ1) is 14.4. The third-order valence-corrected chi connectivity index (χ3v) is 5.09.